The molecule has 0 saturated carbocycles. The van der Waals surface area contributed by atoms with Crippen LogP contribution in [-0.2, 0) is 0 Å². The molecule has 0 atom stereocenters. The smallest absolute Gasteiger partial charge is 0.156 e. The normalized spacial score (nSPS) is 10.5. The molecule has 0 fully saturated rings. The summed E-state index contributed by atoms with van der Waals surface area (Å²) in [4.78, 5) is 11.1. The zero-order chi connectivity index (χ0) is 15.6. The number of benzene rings is 2. The third kappa shape index (κ3) is 2.83. The molecule has 2 aromatic rings. The molecule has 0 aliphatic heterocycles. The molecule has 2 nitrogen and oxygen atoms in total. The van der Waals surface area contributed by atoms with Crippen LogP contribution < -0.4 is 4.74 Å². The van der Waals surface area contributed by atoms with Crippen molar-refractivity contribution in [1.82, 2.24) is 0 Å². The number of carbonyl (C=O) groups is 1. The van der Waals surface area contributed by atoms with Crippen molar-refractivity contribution in [2.45, 2.75) is 13.8 Å². The van der Waals surface area contributed by atoms with Crippen molar-refractivity contribution in [3.05, 3.63) is 50.7 Å². The van der Waals surface area contributed by atoms with E-state index in [2.05, 4.69) is 15.9 Å². The maximum absolute atomic E-state index is 14.4. The Bertz CT molecular complexity index is 701. The van der Waals surface area contributed by atoms with Crippen LogP contribution in [0.2, 0.25) is 5.02 Å². The Labute approximate surface area is 136 Å². The fourth-order valence-electron chi connectivity index (χ4n) is 2.14. The molecule has 0 radical (unpaired) electrons. The molecule has 0 bridgehead atoms. The average Bonchev–Trinajstić information content (AvgIpc) is 2.47. The van der Waals surface area contributed by atoms with E-state index in [0.717, 1.165) is 11.1 Å². The van der Waals surface area contributed by atoms with Crippen LogP contribution in [0.25, 0.3) is 11.1 Å². The van der Waals surface area contributed by atoms with Gasteiger partial charge in [0.05, 0.1) is 21.7 Å². The topological polar surface area (TPSA) is 26.3 Å². The third-order valence-electron chi connectivity index (χ3n) is 3.13. The Morgan fingerprint density at radius 1 is 1.38 bits per heavy atom. The molecule has 110 valence electrons. The predicted octanol–water partition coefficient (Wildman–Crippen LogP) is 5.43. The fourth-order valence-corrected chi connectivity index (χ4v) is 3.29. The van der Waals surface area contributed by atoms with Crippen LogP contribution in [0, 0.1) is 12.7 Å². The number of ether oxygens (including phenoxy) is 1. The second-order valence-corrected chi connectivity index (χ2v) is 5.60. The minimum Gasteiger partial charge on any atom is -0.492 e. The van der Waals surface area contributed by atoms with Gasteiger partial charge in [-0.15, -0.1) is 0 Å². The van der Waals surface area contributed by atoms with Crippen LogP contribution in [0.15, 0.2) is 28.7 Å². The fraction of sp³-hybridized carbons (Fsp3) is 0.188. The lowest BCUT2D eigenvalue weighted by atomic mass is 9.98. The van der Waals surface area contributed by atoms with Crippen LogP contribution in [-0.4, -0.2) is 12.9 Å². The van der Waals surface area contributed by atoms with Gasteiger partial charge in [-0.05, 0) is 40.9 Å². The van der Waals surface area contributed by atoms with E-state index in [9.17, 15) is 9.18 Å². The first-order valence-corrected chi connectivity index (χ1v) is 7.54. The predicted molar refractivity (Wildman–Crippen MR) is 85.8 cm³/mol. The number of rotatable bonds is 4. The number of hydrogen-bond donors (Lipinski definition) is 0. The maximum atomic E-state index is 14.4. The molecule has 0 aromatic heterocycles. The van der Waals surface area contributed by atoms with E-state index in [1.54, 1.807) is 6.92 Å². The van der Waals surface area contributed by atoms with Crippen LogP contribution in [0.3, 0.4) is 0 Å². The second kappa shape index (κ2) is 6.58. The van der Waals surface area contributed by atoms with Crippen molar-refractivity contribution >= 4 is 33.8 Å². The minimum absolute atomic E-state index is 0.0956. The van der Waals surface area contributed by atoms with Crippen molar-refractivity contribution in [2.75, 3.05) is 6.61 Å². The summed E-state index contributed by atoms with van der Waals surface area (Å²) < 4.78 is 20.3. The lowest BCUT2D eigenvalue weighted by Gasteiger charge is -2.17. The number of carbonyl (C=O) groups excluding carboxylic acids is 1. The molecule has 5 heteroatoms. The second-order valence-electron chi connectivity index (χ2n) is 4.43. The quantitative estimate of drug-likeness (QED) is 0.529. The summed E-state index contributed by atoms with van der Waals surface area (Å²) in [6, 6.07) is 7.48. The minimum atomic E-state index is -0.767. The van der Waals surface area contributed by atoms with Gasteiger partial charge in [0.15, 0.2) is 12.1 Å². The van der Waals surface area contributed by atoms with Crippen molar-refractivity contribution in [3.8, 4) is 16.9 Å². The summed E-state index contributed by atoms with van der Waals surface area (Å²) in [5.41, 5.74) is 2.04. The van der Waals surface area contributed by atoms with Crippen molar-refractivity contribution in [1.29, 1.82) is 0 Å². The van der Waals surface area contributed by atoms with Gasteiger partial charge in [-0.2, -0.15) is 0 Å². The molecule has 0 amide bonds. The molecule has 0 N–H and O–H groups in total. The highest BCUT2D eigenvalue weighted by molar-refractivity contribution is 9.10. The van der Waals surface area contributed by atoms with Gasteiger partial charge in [0, 0.05) is 5.56 Å². The van der Waals surface area contributed by atoms with E-state index < -0.39 is 5.82 Å². The molecule has 21 heavy (non-hydrogen) atoms. The Hall–Kier alpha value is -1.39. The van der Waals surface area contributed by atoms with Gasteiger partial charge in [0.2, 0.25) is 0 Å². The summed E-state index contributed by atoms with van der Waals surface area (Å²) in [5.74, 6) is -0.593. The van der Waals surface area contributed by atoms with Gasteiger partial charge < -0.3 is 4.74 Å². The Morgan fingerprint density at radius 3 is 2.62 bits per heavy atom. The summed E-state index contributed by atoms with van der Waals surface area (Å²) in [6.07, 6.45) is 0.415. The largest absolute Gasteiger partial charge is 0.492 e. The van der Waals surface area contributed by atoms with E-state index in [1.807, 2.05) is 31.2 Å². The van der Waals surface area contributed by atoms with Crippen LogP contribution in [0.1, 0.15) is 22.8 Å². The SMILES string of the molecule is CCOc1c(Br)c(-c2ccccc2C)c(Cl)c(F)c1C=O. The summed E-state index contributed by atoms with van der Waals surface area (Å²) in [5, 5.41) is -0.0956. The molecule has 2 rings (SSSR count). The molecule has 0 spiro atoms. The molecular formula is C16H13BrClFO2. The molecule has 0 heterocycles. The van der Waals surface area contributed by atoms with Crippen LogP contribution in [0.5, 0.6) is 5.75 Å². The summed E-state index contributed by atoms with van der Waals surface area (Å²) in [7, 11) is 0. The van der Waals surface area contributed by atoms with Gasteiger partial charge in [-0.3, -0.25) is 4.79 Å². The number of aldehydes is 1. The van der Waals surface area contributed by atoms with Gasteiger partial charge >= 0.3 is 0 Å². The first-order chi connectivity index (χ1) is 10.0. The van der Waals surface area contributed by atoms with Crippen molar-refractivity contribution < 1.29 is 13.9 Å². The average molecular weight is 372 g/mol. The molecule has 0 aliphatic rings. The third-order valence-corrected chi connectivity index (χ3v) is 4.24. The summed E-state index contributed by atoms with van der Waals surface area (Å²) in [6.45, 7) is 3.98. The molecule has 2 aromatic carbocycles. The zero-order valence-corrected chi connectivity index (χ0v) is 13.9. The van der Waals surface area contributed by atoms with Gasteiger partial charge in [0.1, 0.15) is 5.75 Å². The van der Waals surface area contributed by atoms with Crippen molar-refractivity contribution in [2.24, 2.45) is 0 Å². The van der Waals surface area contributed by atoms with Crippen LogP contribution >= 0.6 is 27.5 Å². The standard InChI is InChI=1S/C16H13BrClFO2/c1-3-21-16-11(8-20)15(19)14(18)12(13(16)17)10-7-5-4-6-9(10)2/h4-8H,3H2,1-2H3. The van der Waals surface area contributed by atoms with Gasteiger partial charge in [-0.1, -0.05) is 35.9 Å². The molecule has 0 unspecified atom stereocenters. The Kier molecular flexibility index (Phi) is 5.01. The molecule has 0 aliphatic carbocycles. The highest BCUT2D eigenvalue weighted by Gasteiger charge is 2.24. The lowest BCUT2D eigenvalue weighted by molar-refractivity contribution is 0.111. The Morgan fingerprint density at radius 2 is 2.05 bits per heavy atom. The highest BCUT2D eigenvalue weighted by Crippen LogP contribution is 2.45. The van der Waals surface area contributed by atoms with E-state index in [0.29, 0.717) is 22.9 Å². The van der Waals surface area contributed by atoms with Gasteiger partial charge in [0.25, 0.3) is 0 Å². The van der Waals surface area contributed by atoms with E-state index in [4.69, 9.17) is 16.3 Å². The summed E-state index contributed by atoms with van der Waals surface area (Å²) >= 11 is 9.54. The first-order valence-electron chi connectivity index (χ1n) is 6.37. The number of halogens is 3. The van der Waals surface area contributed by atoms with Gasteiger partial charge in [-0.25, -0.2) is 4.39 Å². The molecule has 0 saturated heterocycles. The first kappa shape index (κ1) is 16.0. The van der Waals surface area contributed by atoms with E-state index >= 15 is 0 Å². The van der Waals surface area contributed by atoms with Crippen LogP contribution in [0.4, 0.5) is 4.39 Å². The molecular weight excluding hydrogens is 359 g/mol. The lowest BCUT2D eigenvalue weighted by Crippen LogP contribution is -2.03. The monoisotopic (exact) mass is 370 g/mol. The van der Waals surface area contributed by atoms with E-state index in [-0.39, 0.29) is 16.3 Å². The highest BCUT2D eigenvalue weighted by atomic mass is 79.9. The Balaban J connectivity index is 2.84. The number of aryl methyl sites for hydroxylation is 1. The van der Waals surface area contributed by atoms with Crippen molar-refractivity contribution in [3.63, 3.8) is 0 Å². The number of hydrogen-bond acceptors (Lipinski definition) is 2. The zero-order valence-electron chi connectivity index (χ0n) is 11.5. The van der Waals surface area contributed by atoms with E-state index in [1.165, 1.54) is 0 Å². The maximum Gasteiger partial charge on any atom is 0.156 e.